The number of rotatable bonds is 5. The van der Waals surface area contributed by atoms with Crippen molar-refractivity contribution in [2.75, 3.05) is 6.61 Å². The molecule has 68 valence electrons. The highest BCUT2D eigenvalue weighted by Crippen LogP contribution is 2.08. The zero-order valence-electron chi connectivity index (χ0n) is 7.33. The van der Waals surface area contributed by atoms with Gasteiger partial charge in [0.15, 0.2) is 0 Å². The molecule has 0 bridgehead atoms. The van der Waals surface area contributed by atoms with Gasteiger partial charge in [-0.1, -0.05) is 13.8 Å². The Morgan fingerprint density at radius 1 is 1.36 bits per heavy atom. The molecule has 0 fully saturated rings. The van der Waals surface area contributed by atoms with E-state index in [0.29, 0.717) is 18.8 Å². The third-order valence-electron chi connectivity index (χ3n) is 1.67. The maximum atomic E-state index is 9.38. The first-order valence-electron chi connectivity index (χ1n) is 4.12. The standard InChI is InChI=1S/C8H19NO2/c1-6(2)5-8(11)7(9)3-4-10/h6-8,10-11H,3-5,9H2,1-2H3. The molecule has 0 aliphatic heterocycles. The fourth-order valence-electron chi connectivity index (χ4n) is 0.999. The lowest BCUT2D eigenvalue weighted by Gasteiger charge is -2.19. The first-order valence-corrected chi connectivity index (χ1v) is 4.12. The minimum absolute atomic E-state index is 0.0519. The Labute approximate surface area is 68.2 Å². The van der Waals surface area contributed by atoms with E-state index in [1.165, 1.54) is 0 Å². The number of aliphatic hydroxyl groups is 2. The van der Waals surface area contributed by atoms with Crippen LogP contribution in [0.4, 0.5) is 0 Å². The lowest BCUT2D eigenvalue weighted by molar-refractivity contribution is 0.107. The molecule has 0 aromatic rings. The summed E-state index contributed by atoms with van der Waals surface area (Å²) in [6.45, 7) is 4.13. The van der Waals surface area contributed by atoms with Gasteiger partial charge in [0.2, 0.25) is 0 Å². The summed E-state index contributed by atoms with van der Waals surface area (Å²) in [4.78, 5) is 0. The first-order chi connectivity index (χ1) is 5.07. The van der Waals surface area contributed by atoms with Crippen LogP contribution in [0.2, 0.25) is 0 Å². The Kier molecular flexibility index (Phi) is 5.46. The van der Waals surface area contributed by atoms with E-state index in [0.717, 1.165) is 0 Å². The monoisotopic (exact) mass is 161 g/mol. The highest BCUT2D eigenvalue weighted by Gasteiger charge is 2.14. The molecule has 0 aromatic heterocycles. The zero-order chi connectivity index (χ0) is 8.85. The van der Waals surface area contributed by atoms with Crippen LogP contribution in [0.1, 0.15) is 26.7 Å². The zero-order valence-corrected chi connectivity index (χ0v) is 7.33. The van der Waals surface area contributed by atoms with Gasteiger partial charge in [-0.2, -0.15) is 0 Å². The first kappa shape index (κ1) is 10.9. The van der Waals surface area contributed by atoms with E-state index >= 15 is 0 Å². The quantitative estimate of drug-likeness (QED) is 0.536. The Hall–Kier alpha value is -0.120. The summed E-state index contributed by atoms with van der Waals surface area (Å²) in [6, 6.07) is -0.276. The molecule has 3 nitrogen and oxygen atoms in total. The van der Waals surface area contributed by atoms with E-state index < -0.39 is 6.10 Å². The molecule has 0 aliphatic rings. The van der Waals surface area contributed by atoms with Crippen molar-refractivity contribution in [1.29, 1.82) is 0 Å². The van der Waals surface area contributed by atoms with Crippen molar-refractivity contribution in [3.63, 3.8) is 0 Å². The van der Waals surface area contributed by atoms with Crippen LogP contribution in [0.25, 0.3) is 0 Å². The number of aliphatic hydroxyl groups excluding tert-OH is 2. The van der Waals surface area contributed by atoms with Crippen molar-refractivity contribution in [2.45, 2.75) is 38.8 Å². The number of nitrogens with two attached hydrogens (primary N) is 1. The fourth-order valence-corrected chi connectivity index (χ4v) is 0.999. The van der Waals surface area contributed by atoms with Gasteiger partial charge in [-0.15, -0.1) is 0 Å². The second kappa shape index (κ2) is 5.52. The molecule has 2 unspecified atom stereocenters. The largest absolute Gasteiger partial charge is 0.396 e. The van der Waals surface area contributed by atoms with Crippen molar-refractivity contribution >= 4 is 0 Å². The second-order valence-corrected chi connectivity index (χ2v) is 3.37. The summed E-state index contributed by atoms with van der Waals surface area (Å²) in [5.41, 5.74) is 5.57. The average Bonchev–Trinajstić information content (AvgIpc) is 1.86. The smallest absolute Gasteiger partial charge is 0.0694 e. The molecule has 0 saturated carbocycles. The third-order valence-corrected chi connectivity index (χ3v) is 1.67. The SMILES string of the molecule is CC(C)CC(O)C(N)CCO. The summed E-state index contributed by atoms with van der Waals surface area (Å²) in [6.07, 6.45) is 0.719. The van der Waals surface area contributed by atoms with Crippen molar-refractivity contribution in [3.05, 3.63) is 0 Å². The van der Waals surface area contributed by atoms with Gasteiger partial charge < -0.3 is 15.9 Å². The van der Waals surface area contributed by atoms with E-state index in [4.69, 9.17) is 10.8 Å². The van der Waals surface area contributed by atoms with Crippen LogP contribution in [-0.4, -0.2) is 29.0 Å². The van der Waals surface area contributed by atoms with Crippen LogP contribution in [0.5, 0.6) is 0 Å². The molecule has 0 saturated heterocycles. The van der Waals surface area contributed by atoms with Crippen molar-refractivity contribution in [1.82, 2.24) is 0 Å². The van der Waals surface area contributed by atoms with E-state index in [9.17, 15) is 5.11 Å². The summed E-state index contributed by atoms with van der Waals surface area (Å²) in [5.74, 6) is 0.453. The van der Waals surface area contributed by atoms with E-state index in [1.54, 1.807) is 0 Å². The minimum atomic E-state index is -0.470. The van der Waals surface area contributed by atoms with Gasteiger partial charge in [0, 0.05) is 12.6 Å². The predicted octanol–water partition coefficient (Wildman–Crippen LogP) is 0.103. The van der Waals surface area contributed by atoms with Gasteiger partial charge in [0.1, 0.15) is 0 Å². The second-order valence-electron chi connectivity index (χ2n) is 3.37. The highest BCUT2D eigenvalue weighted by atomic mass is 16.3. The Balaban J connectivity index is 3.54. The molecule has 2 atom stereocenters. The highest BCUT2D eigenvalue weighted by molar-refractivity contribution is 4.72. The fraction of sp³-hybridized carbons (Fsp3) is 1.00. The lowest BCUT2D eigenvalue weighted by Crippen LogP contribution is -2.36. The molecular formula is C8H19NO2. The molecule has 3 heteroatoms. The van der Waals surface area contributed by atoms with Crippen LogP contribution in [0.15, 0.2) is 0 Å². The average molecular weight is 161 g/mol. The van der Waals surface area contributed by atoms with Crippen LogP contribution < -0.4 is 5.73 Å². The lowest BCUT2D eigenvalue weighted by atomic mass is 9.99. The predicted molar refractivity (Wildman–Crippen MR) is 45.1 cm³/mol. The minimum Gasteiger partial charge on any atom is -0.396 e. The van der Waals surface area contributed by atoms with Crippen molar-refractivity contribution in [2.24, 2.45) is 11.7 Å². The summed E-state index contributed by atoms with van der Waals surface area (Å²) in [5, 5.41) is 17.9. The van der Waals surface area contributed by atoms with E-state index in [1.807, 2.05) is 13.8 Å². The van der Waals surface area contributed by atoms with Gasteiger partial charge >= 0.3 is 0 Å². The van der Waals surface area contributed by atoms with Crippen LogP contribution in [0, 0.1) is 5.92 Å². The van der Waals surface area contributed by atoms with Crippen LogP contribution >= 0.6 is 0 Å². The summed E-state index contributed by atoms with van der Waals surface area (Å²) < 4.78 is 0. The van der Waals surface area contributed by atoms with Gasteiger partial charge in [-0.3, -0.25) is 0 Å². The molecule has 0 aromatic carbocycles. The number of hydrogen-bond donors (Lipinski definition) is 3. The maximum Gasteiger partial charge on any atom is 0.0694 e. The third kappa shape index (κ3) is 5.18. The summed E-state index contributed by atoms with van der Waals surface area (Å²) >= 11 is 0. The molecule has 0 radical (unpaired) electrons. The van der Waals surface area contributed by atoms with Crippen molar-refractivity contribution in [3.8, 4) is 0 Å². The Morgan fingerprint density at radius 3 is 2.27 bits per heavy atom. The Bertz CT molecular complexity index is 96.1. The molecule has 0 aliphatic carbocycles. The maximum absolute atomic E-state index is 9.38. The van der Waals surface area contributed by atoms with E-state index in [-0.39, 0.29) is 12.6 Å². The van der Waals surface area contributed by atoms with Gasteiger partial charge in [0.05, 0.1) is 6.10 Å². The normalized spacial score (nSPS) is 16.9. The van der Waals surface area contributed by atoms with Crippen molar-refractivity contribution < 1.29 is 10.2 Å². The molecule has 11 heavy (non-hydrogen) atoms. The molecule has 4 N–H and O–H groups in total. The van der Waals surface area contributed by atoms with Gasteiger partial charge in [-0.25, -0.2) is 0 Å². The molecule has 0 rings (SSSR count). The van der Waals surface area contributed by atoms with Gasteiger partial charge in [0.25, 0.3) is 0 Å². The van der Waals surface area contributed by atoms with E-state index in [2.05, 4.69) is 0 Å². The van der Waals surface area contributed by atoms with Gasteiger partial charge in [-0.05, 0) is 18.8 Å². The summed E-state index contributed by atoms with van der Waals surface area (Å²) in [7, 11) is 0. The molecule has 0 spiro atoms. The molecule has 0 amide bonds. The van der Waals surface area contributed by atoms with Crippen LogP contribution in [-0.2, 0) is 0 Å². The number of hydrogen-bond acceptors (Lipinski definition) is 3. The van der Waals surface area contributed by atoms with Crippen LogP contribution in [0.3, 0.4) is 0 Å². The molecular weight excluding hydrogens is 142 g/mol. The molecule has 0 heterocycles. The Morgan fingerprint density at radius 2 is 1.91 bits per heavy atom. The topological polar surface area (TPSA) is 66.5 Å².